The number of carbonyl (C=O) groups excluding carboxylic acids is 1. The molecule has 1 rings (SSSR count). The normalized spacial score (nSPS) is 11.2. The third kappa shape index (κ3) is 2.33. The molecule has 0 bridgehead atoms. The Morgan fingerprint density at radius 2 is 2.06 bits per heavy atom. The summed E-state index contributed by atoms with van der Waals surface area (Å²) in [4.78, 5) is 23.8. The number of pyridine rings is 1. The van der Waals surface area contributed by atoms with Gasteiger partial charge in [0.1, 0.15) is 0 Å². The maximum absolute atomic E-state index is 11.9. The Hall–Kier alpha value is -1.99. The fourth-order valence-electron chi connectivity index (χ4n) is 0.894. The highest BCUT2D eigenvalue weighted by Gasteiger charge is 2.39. The van der Waals surface area contributed by atoms with Gasteiger partial charge in [-0.25, -0.2) is 0 Å². The molecule has 1 aromatic heterocycles. The van der Waals surface area contributed by atoms with Crippen molar-refractivity contribution in [3.8, 4) is 5.75 Å². The molecule has 1 aromatic rings. The van der Waals surface area contributed by atoms with Gasteiger partial charge in [-0.05, 0) is 6.92 Å². The van der Waals surface area contributed by atoms with E-state index >= 15 is 0 Å². The van der Waals surface area contributed by atoms with Gasteiger partial charge in [0.05, 0.1) is 0 Å². The molecule has 0 atom stereocenters. The smallest absolute Gasteiger partial charge is 0.471 e. The van der Waals surface area contributed by atoms with E-state index in [1.807, 2.05) is 0 Å². The fraction of sp³-hybridized carbons (Fsp3) is 0.250. The highest BCUT2D eigenvalue weighted by atomic mass is 19.4. The van der Waals surface area contributed by atoms with Crippen LogP contribution in [0.25, 0.3) is 0 Å². The fourth-order valence-corrected chi connectivity index (χ4v) is 0.894. The minimum absolute atomic E-state index is 0.113. The number of halogens is 3. The Kier molecular flexibility index (Phi) is 2.92. The standard InChI is InChI=1S/C8H7F3N2O3/c1-3-2-12-6(5(15)4(3)14)13-7(16)8(9,10)11/h2,15H,1H3,(H2,12,13,14,16). The Balaban J connectivity index is 3.05. The molecule has 0 aliphatic rings. The second-order valence-corrected chi connectivity index (χ2v) is 2.98. The van der Waals surface area contributed by atoms with Crippen LogP contribution in [0, 0.1) is 6.92 Å². The van der Waals surface area contributed by atoms with Crippen LogP contribution in [0.15, 0.2) is 11.0 Å². The summed E-state index contributed by atoms with van der Waals surface area (Å²) in [7, 11) is 0. The number of aryl methyl sites for hydroxylation is 1. The topological polar surface area (TPSA) is 82.2 Å². The largest absolute Gasteiger partial charge is 0.502 e. The second kappa shape index (κ2) is 3.87. The van der Waals surface area contributed by atoms with E-state index < -0.39 is 29.1 Å². The van der Waals surface area contributed by atoms with E-state index in [1.54, 1.807) is 0 Å². The summed E-state index contributed by atoms with van der Waals surface area (Å²) < 4.78 is 35.6. The maximum Gasteiger partial charge on any atom is 0.471 e. The molecule has 0 radical (unpaired) electrons. The quantitative estimate of drug-likeness (QED) is 0.677. The zero-order chi connectivity index (χ0) is 12.5. The van der Waals surface area contributed by atoms with Crippen LogP contribution in [0.2, 0.25) is 0 Å². The molecule has 0 aromatic carbocycles. The predicted octanol–water partition coefficient (Wildman–Crippen LogP) is 0.890. The van der Waals surface area contributed by atoms with Gasteiger partial charge in [0.15, 0.2) is 5.82 Å². The lowest BCUT2D eigenvalue weighted by molar-refractivity contribution is -0.167. The van der Waals surface area contributed by atoms with Gasteiger partial charge >= 0.3 is 12.1 Å². The number of H-pyrrole nitrogens is 1. The van der Waals surface area contributed by atoms with E-state index in [0.29, 0.717) is 0 Å². The van der Waals surface area contributed by atoms with Gasteiger partial charge in [0.2, 0.25) is 11.2 Å². The van der Waals surface area contributed by atoms with Crippen molar-refractivity contribution in [1.29, 1.82) is 0 Å². The lowest BCUT2D eigenvalue weighted by Gasteiger charge is -2.09. The number of hydrogen-bond acceptors (Lipinski definition) is 3. The molecule has 1 amide bonds. The Labute approximate surface area is 86.9 Å². The number of anilines is 1. The third-order valence-corrected chi connectivity index (χ3v) is 1.74. The molecule has 0 saturated heterocycles. The van der Waals surface area contributed by atoms with Gasteiger partial charge in [-0.15, -0.1) is 0 Å². The lowest BCUT2D eigenvalue weighted by Crippen LogP contribution is -2.30. The number of alkyl halides is 3. The van der Waals surface area contributed by atoms with Crippen LogP contribution in [0.1, 0.15) is 5.56 Å². The summed E-state index contributed by atoms with van der Waals surface area (Å²) in [5.74, 6) is -3.92. The monoisotopic (exact) mass is 236 g/mol. The molecule has 3 N–H and O–H groups in total. The molecular formula is C8H7F3N2O3. The Bertz CT molecular complexity index is 478. The van der Waals surface area contributed by atoms with E-state index in [2.05, 4.69) is 4.98 Å². The van der Waals surface area contributed by atoms with E-state index in [0.717, 1.165) is 6.20 Å². The van der Waals surface area contributed by atoms with Crippen LogP contribution < -0.4 is 10.7 Å². The molecule has 8 heteroatoms. The van der Waals surface area contributed by atoms with Crippen molar-refractivity contribution in [3.63, 3.8) is 0 Å². The molecule has 5 nitrogen and oxygen atoms in total. The number of rotatable bonds is 1. The number of carbonyl (C=O) groups is 1. The number of aromatic hydroxyl groups is 1. The first-order chi connectivity index (χ1) is 7.23. The first-order valence-corrected chi connectivity index (χ1v) is 4.03. The average Bonchev–Trinajstić information content (AvgIpc) is 2.17. The highest BCUT2D eigenvalue weighted by Crippen LogP contribution is 2.20. The molecule has 0 aliphatic carbocycles. The van der Waals surface area contributed by atoms with Crippen molar-refractivity contribution in [2.45, 2.75) is 13.1 Å². The summed E-state index contributed by atoms with van der Waals surface area (Å²) in [6.45, 7) is 1.36. The maximum atomic E-state index is 11.9. The average molecular weight is 236 g/mol. The van der Waals surface area contributed by atoms with Crippen molar-refractivity contribution < 1.29 is 23.1 Å². The summed E-state index contributed by atoms with van der Waals surface area (Å²) in [5, 5.41) is 10.5. The van der Waals surface area contributed by atoms with Crippen LogP contribution in [-0.4, -0.2) is 22.2 Å². The summed E-state index contributed by atoms with van der Waals surface area (Å²) in [5.41, 5.74) is -0.737. The summed E-state index contributed by atoms with van der Waals surface area (Å²) >= 11 is 0. The van der Waals surface area contributed by atoms with Crippen LogP contribution in [0.4, 0.5) is 19.0 Å². The molecule has 0 spiro atoms. The van der Waals surface area contributed by atoms with Crippen molar-refractivity contribution in [2.75, 3.05) is 5.32 Å². The lowest BCUT2D eigenvalue weighted by atomic mass is 10.3. The van der Waals surface area contributed by atoms with Crippen LogP contribution >= 0.6 is 0 Å². The van der Waals surface area contributed by atoms with Crippen molar-refractivity contribution in [2.24, 2.45) is 0 Å². The molecule has 0 saturated carbocycles. The third-order valence-electron chi connectivity index (χ3n) is 1.74. The SMILES string of the molecule is Cc1c[nH]c(NC(=O)C(F)(F)F)c(O)c1=O. The zero-order valence-electron chi connectivity index (χ0n) is 7.97. The van der Waals surface area contributed by atoms with Crippen LogP contribution in [0.5, 0.6) is 5.75 Å². The molecule has 0 unspecified atom stereocenters. The molecular weight excluding hydrogens is 229 g/mol. The highest BCUT2D eigenvalue weighted by molar-refractivity contribution is 5.95. The van der Waals surface area contributed by atoms with Gasteiger partial charge in [0.25, 0.3) is 0 Å². The van der Waals surface area contributed by atoms with Gasteiger partial charge in [-0.2, -0.15) is 13.2 Å². The van der Waals surface area contributed by atoms with E-state index in [4.69, 9.17) is 5.11 Å². The van der Waals surface area contributed by atoms with Gasteiger partial charge in [-0.3, -0.25) is 9.59 Å². The number of hydrogen-bond donors (Lipinski definition) is 3. The number of aromatic amines is 1. The second-order valence-electron chi connectivity index (χ2n) is 2.98. The van der Waals surface area contributed by atoms with Crippen molar-refractivity contribution in [3.05, 3.63) is 22.0 Å². The van der Waals surface area contributed by atoms with E-state index in [9.17, 15) is 22.8 Å². The summed E-state index contributed by atoms with van der Waals surface area (Å²) in [6, 6.07) is 0. The molecule has 0 aliphatic heterocycles. The number of nitrogens with one attached hydrogen (secondary N) is 2. The number of aromatic nitrogens is 1. The van der Waals surface area contributed by atoms with Crippen molar-refractivity contribution in [1.82, 2.24) is 4.98 Å². The zero-order valence-corrected chi connectivity index (χ0v) is 7.97. The molecule has 16 heavy (non-hydrogen) atoms. The Morgan fingerprint density at radius 3 is 2.56 bits per heavy atom. The summed E-state index contributed by atoms with van der Waals surface area (Å²) in [6.07, 6.45) is -4.01. The number of amides is 1. The minimum Gasteiger partial charge on any atom is -0.502 e. The Morgan fingerprint density at radius 1 is 1.50 bits per heavy atom. The van der Waals surface area contributed by atoms with Crippen molar-refractivity contribution >= 4 is 11.7 Å². The molecule has 1 heterocycles. The predicted molar refractivity (Wildman–Crippen MR) is 48.1 cm³/mol. The van der Waals surface area contributed by atoms with E-state index in [-0.39, 0.29) is 5.56 Å². The van der Waals surface area contributed by atoms with Gasteiger partial charge < -0.3 is 15.4 Å². The molecule has 0 fully saturated rings. The minimum atomic E-state index is -5.09. The van der Waals surface area contributed by atoms with Gasteiger partial charge in [-0.1, -0.05) is 0 Å². The first kappa shape index (κ1) is 12.1. The molecule has 88 valence electrons. The van der Waals surface area contributed by atoms with Gasteiger partial charge in [0, 0.05) is 11.8 Å². The van der Waals surface area contributed by atoms with Crippen LogP contribution in [-0.2, 0) is 4.79 Å². The van der Waals surface area contributed by atoms with E-state index in [1.165, 1.54) is 12.2 Å². The van der Waals surface area contributed by atoms with Crippen LogP contribution in [0.3, 0.4) is 0 Å². The first-order valence-electron chi connectivity index (χ1n) is 4.03.